The van der Waals surface area contributed by atoms with Crippen molar-refractivity contribution < 1.29 is 19.1 Å². The first-order valence-corrected chi connectivity index (χ1v) is 7.94. The van der Waals surface area contributed by atoms with Crippen molar-refractivity contribution in [2.45, 2.75) is 13.8 Å². The molecule has 2 rings (SSSR count). The maximum absolute atomic E-state index is 11.8. The Balaban J connectivity index is 1.96. The van der Waals surface area contributed by atoms with Gasteiger partial charge >= 0.3 is 5.97 Å². The number of hydrogen-bond donors (Lipinski definition) is 0. The van der Waals surface area contributed by atoms with E-state index >= 15 is 0 Å². The first kappa shape index (κ1) is 17.5. The van der Waals surface area contributed by atoms with Gasteiger partial charge in [0.25, 0.3) is 0 Å². The molecule has 0 N–H and O–H groups in total. The zero-order valence-corrected chi connectivity index (χ0v) is 14.9. The molecule has 0 bridgehead atoms. The Morgan fingerprint density at radius 3 is 2.39 bits per heavy atom. The second-order valence-electron chi connectivity index (χ2n) is 4.88. The molecule has 0 fully saturated rings. The maximum atomic E-state index is 11.8. The van der Waals surface area contributed by atoms with Crippen molar-refractivity contribution in [2.24, 2.45) is 0 Å². The summed E-state index contributed by atoms with van der Waals surface area (Å²) in [5.41, 5.74) is 1.36. The van der Waals surface area contributed by atoms with Gasteiger partial charge in [-0.15, -0.1) is 0 Å². The lowest BCUT2D eigenvalue weighted by Gasteiger charge is -2.11. The molecule has 0 aliphatic carbocycles. The third kappa shape index (κ3) is 4.81. The average molecular weight is 398 g/mol. The number of esters is 1. The van der Waals surface area contributed by atoms with E-state index in [1.165, 1.54) is 6.92 Å². The second kappa shape index (κ2) is 7.62. The molecular weight excluding hydrogens is 384 g/mol. The number of halogens is 2. The number of carbonyl (C=O) groups excluding carboxylic acids is 2. The molecule has 0 unspecified atom stereocenters. The third-order valence-electron chi connectivity index (χ3n) is 3.02. The van der Waals surface area contributed by atoms with Crippen LogP contribution in [-0.4, -0.2) is 18.4 Å². The van der Waals surface area contributed by atoms with E-state index in [0.717, 1.165) is 10.0 Å². The lowest BCUT2D eigenvalue weighted by Crippen LogP contribution is -2.18. The van der Waals surface area contributed by atoms with Gasteiger partial charge in [0.05, 0.1) is 5.02 Å². The summed E-state index contributed by atoms with van der Waals surface area (Å²) in [7, 11) is 0. The number of hydrogen-bond acceptors (Lipinski definition) is 4. The Morgan fingerprint density at radius 1 is 1.17 bits per heavy atom. The number of benzene rings is 2. The molecule has 0 atom stereocenters. The highest BCUT2D eigenvalue weighted by atomic mass is 79.9. The van der Waals surface area contributed by atoms with Crippen molar-refractivity contribution in [2.75, 3.05) is 6.61 Å². The Labute approximate surface area is 147 Å². The minimum atomic E-state index is -0.557. The Morgan fingerprint density at radius 2 is 1.83 bits per heavy atom. The van der Waals surface area contributed by atoms with Crippen LogP contribution in [-0.2, 0) is 4.79 Å². The molecule has 6 heteroatoms. The standard InChI is InChI=1S/C17H14BrClO4/c1-10-7-13(18)8-15(19)17(10)22-9-16(21)23-14-5-3-12(4-6-14)11(2)20/h3-8H,9H2,1-2H3. The summed E-state index contributed by atoms with van der Waals surface area (Å²) in [6.07, 6.45) is 0. The smallest absolute Gasteiger partial charge is 0.349 e. The van der Waals surface area contributed by atoms with E-state index in [1.807, 2.05) is 13.0 Å². The van der Waals surface area contributed by atoms with Crippen LogP contribution in [0.5, 0.6) is 11.5 Å². The van der Waals surface area contributed by atoms with Crippen LogP contribution in [0.2, 0.25) is 5.02 Å². The highest BCUT2D eigenvalue weighted by Gasteiger charge is 2.11. The summed E-state index contributed by atoms with van der Waals surface area (Å²) in [6.45, 7) is 3.04. The molecule has 0 saturated heterocycles. The van der Waals surface area contributed by atoms with Crippen LogP contribution in [0.4, 0.5) is 0 Å². The van der Waals surface area contributed by atoms with Crippen molar-refractivity contribution >= 4 is 39.3 Å². The van der Waals surface area contributed by atoms with Crippen LogP contribution in [0.25, 0.3) is 0 Å². The number of Topliss-reactive ketones (excluding diaryl/α,β-unsaturated/α-hetero) is 1. The van der Waals surface area contributed by atoms with Crippen LogP contribution in [0.15, 0.2) is 40.9 Å². The van der Waals surface area contributed by atoms with Gasteiger partial charge in [0.15, 0.2) is 12.4 Å². The maximum Gasteiger partial charge on any atom is 0.349 e. The van der Waals surface area contributed by atoms with E-state index in [4.69, 9.17) is 21.1 Å². The SMILES string of the molecule is CC(=O)c1ccc(OC(=O)COc2c(C)cc(Br)cc2Cl)cc1. The number of ketones is 1. The van der Waals surface area contributed by atoms with E-state index in [9.17, 15) is 9.59 Å². The van der Waals surface area contributed by atoms with Gasteiger partial charge in [-0.1, -0.05) is 27.5 Å². The normalized spacial score (nSPS) is 10.3. The fraction of sp³-hybridized carbons (Fsp3) is 0.176. The van der Waals surface area contributed by atoms with Gasteiger partial charge in [-0.05, 0) is 55.8 Å². The number of carbonyl (C=O) groups is 2. The molecule has 4 nitrogen and oxygen atoms in total. The molecule has 0 aliphatic rings. The molecule has 0 aromatic heterocycles. The Hall–Kier alpha value is -1.85. The van der Waals surface area contributed by atoms with Crippen LogP contribution in [0.3, 0.4) is 0 Å². The van der Waals surface area contributed by atoms with Gasteiger partial charge < -0.3 is 9.47 Å². The first-order chi connectivity index (χ1) is 10.9. The van der Waals surface area contributed by atoms with Crippen molar-refractivity contribution in [3.8, 4) is 11.5 Å². The van der Waals surface area contributed by atoms with Crippen LogP contribution < -0.4 is 9.47 Å². The molecule has 120 valence electrons. The summed E-state index contributed by atoms with van der Waals surface area (Å²) in [4.78, 5) is 23.0. The number of ether oxygens (including phenoxy) is 2. The van der Waals surface area contributed by atoms with E-state index < -0.39 is 5.97 Å². The lowest BCUT2D eigenvalue weighted by molar-refractivity contribution is -0.136. The average Bonchev–Trinajstić information content (AvgIpc) is 2.46. The minimum absolute atomic E-state index is 0.0495. The zero-order valence-electron chi connectivity index (χ0n) is 12.6. The fourth-order valence-corrected chi connectivity index (χ4v) is 2.95. The van der Waals surface area contributed by atoms with Gasteiger partial charge in [0, 0.05) is 10.0 Å². The zero-order chi connectivity index (χ0) is 17.0. The van der Waals surface area contributed by atoms with Crippen LogP contribution in [0.1, 0.15) is 22.8 Å². The molecule has 0 amide bonds. The predicted molar refractivity (Wildman–Crippen MR) is 91.5 cm³/mol. The van der Waals surface area contributed by atoms with Crippen LogP contribution in [0, 0.1) is 6.92 Å². The van der Waals surface area contributed by atoms with Gasteiger partial charge in [0.2, 0.25) is 0 Å². The van der Waals surface area contributed by atoms with Gasteiger partial charge in [-0.2, -0.15) is 0 Å². The molecule has 0 saturated carbocycles. The minimum Gasteiger partial charge on any atom is -0.480 e. The van der Waals surface area contributed by atoms with E-state index in [2.05, 4.69) is 15.9 Å². The highest BCUT2D eigenvalue weighted by molar-refractivity contribution is 9.10. The summed E-state index contributed by atoms with van der Waals surface area (Å²) in [6, 6.07) is 9.85. The summed E-state index contributed by atoms with van der Waals surface area (Å²) in [5, 5.41) is 0.412. The van der Waals surface area contributed by atoms with Crippen molar-refractivity contribution in [3.05, 3.63) is 57.0 Å². The molecule has 0 radical (unpaired) electrons. The molecule has 23 heavy (non-hydrogen) atoms. The monoisotopic (exact) mass is 396 g/mol. The van der Waals surface area contributed by atoms with E-state index in [0.29, 0.717) is 22.1 Å². The number of aryl methyl sites for hydroxylation is 1. The molecular formula is C17H14BrClO4. The van der Waals surface area contributed by atoms with E-state index in [1.54, 1.807) is 30.3 Å². The molecule has 2 aromatic carbocycles. The van der Waals surface area contributed by atoms with E-state index in [-0.39, 0.29) is 12.4 Å². The fourth-order valence-electron chi connectivity index (χ4n) is 1.92. The lowest BCUT2D eigenvalue weighted by atomic mass is 10.1. The number of rotatable bonds is 5. The Bertz CT molecular complexity index is 718. The molecule has 0 aliphatic heterocycles. The summed E-state index contributed by atoms with van der Waals surface area (Å²) in [5.74, 6) is 0.187. The third-order valence-corrected chi connectivity index (χ3v) is 3.76. The molecule has 2 aromatic rings. The second-order valence-corrected chi connectivity index (χ2v) is 6.20. The van der Waals surface area contributed by atoms with Gasteiger partial charge in [-0.25, -0.2) is 4.79 Å². The van der Waals surface area contributed by atoms with Crippen LogP contribution >= 0.6 is 27.5 Å². The largest absolute Gasteiger partial charge is 0.480 e. The summed E-state index contributed by atoms with van der Waals surface area (Å²) >= 11 is 9.42. The van der Waals surface area contributed by atoms with Crippen molar-refractivity contribution in [1.82, 2.24) is 0 Å². The predicted octanol–water partition coefficient (Wildman–Crippen LogP) is 4.60. The highest BCUT2D eigenvalue weighted by Crippen LogP contribution is 2.31. The van der Waals surface area contributed by atoms with Gasteiger partial charge in [-0.3, -0.25) is 4.79 Å². The first-order valence-electron chi connectivity index (χ1n) is 6.77. The quantitative estimate of drug-likeness (QED) is 0.420. The summed E-state index contributed by atoms with van der Waals surface area (Å²) < 4.78 is 11.4. The molecule has 0 spiro atoms. The van der Waals surface area contributed by atoms with Crippen molar-refractivity contribution in [3.63, 3.8) is 0 Å². The Kier molecular flexibility index (Phi) is 5.80. The van der Waals surface area contributed by atoms with Crippen molar-refractivity contribution in [1.29, 1.82) is 0 Å². The van der Waals surface area contributed by atoms with Gasteiger partial charge in [0.1, 0.15) is 11.5 Å². The molecule has 0 heterocycles. The topological polar surface area (TPSA) is 52.6 Å².